The van der Waals surface area contributed by atoms with Crippen molar-refractivity contribution in [2.75, 3.05) is 6.61 Å². The molecule has 154 valence electrons. The Bertz CT molecular complexity index is 896. The van der Waals surface area contributed by atoms with Crippen LogP contribution in [0.3, 0.4) is 0 Å². The normalized spacial score (nSPS) is 18.9. The number of hydrogen-bond donors (Lipinski definition) is 1. The van der Waals surface area contributed by atoms with E-state index in [2.05, 4.69) is 53.8 Å². The second-order valence-electron chi connectivity index (χ2n) is 7.82. The van der Waals surface area contributed by atoms with Crippen molar-refractivity contribution >= 4 is 5.91 Å². The molecule has 1 aliphatic rings. The molecule has 0 saturated carbocycles. The highest BCUT2D eigenvalue weighted by Gasteiger charge is 2.31. The van der Waals surface area contributed by atoms with Crippen LogP contribution in [0.15, 0.2) is 84.9 Å². The summed E-state index contributed by atoms with van der Waals surface area (Å²) in [4.78, 5) is 12.4. The topological polar surface area (TPSA) is 38.3 Å². The summed E-state index contributed by atoms with van der Waals surface area (Å²) in [6, 6.07) is 27.0. The fourth-order valence-electron chi connectivity index (χ4n) is 4.16. The van der Waals surface area contributed by atoms with Crippen molar-refractivity contribution in [3.05, 3.63) is 107 Å². The summed E-state index contributed by atoms with van der Waals surface area (Å²) in [6.45, 7) is 0.496. The zero-order chi connectivity index (χ0) is 20.8. The molecule has 1 heterocycles. The molecule has 3 nitrogen and oxygen atoms in total. The smallest absolute Gasteiger partial charge is 0.224 e. The van der Waals surface area contributed by atoms with Crippen molar-refractivity contribution in [1.29, 1.82) is 0 Å². The van der Waals surface area contributed by atoms with Crippen molar-refractivity contribution in [2.24, 2.45) is 0 Å². The molecule has 0 aliphatic carbocycles. The van der Waals surface area contributed by atoms with Crippen molar-refractivity contribution < 1.29 is 13.9 Å². The van der Waals surface area contributed by atoms with Gasteiger partial charge in [-0.05, 0) is 41.7 Å². The van der Waals surface area contributed by atoms with Crippen LogP contribution in [0.1, 0.15) is 35.4 Å². The van der Waals surface area contributed by atoms with E-state index in [1.807, 2.05) is 12.1 Å². The third kappa shape index (κ3) is 5.14. The van der Waals surface area contributed by atoms with E-state index < -0.39 is 0 Å². The summed E-state index contributed by atoms with van der Waals surface area (Å²) >= 11 is 0. The molecular formula is C26H26FNO2. The molecule has 0 bridgehead atoms. The molecule has 1 fully saturated rings. The quantitative estimate of drug-likeness (QED) is 0.638. The van der Waals surface area contributed by atoms with Gasteiger partial charge in [0.1, 0.15) is 5.82 Å². The molecule has 0 unspecified atom stereocenters. The van der Waals surface area contributed by atoms with E-state index in [1.165, 1.54) is 23.3 Å². The van der Waals surface area contributed by atoms with Crippen molar-refractivity contribution in [3.63, 3.8) is 0 Å². The van der Waals surface area contributed by atoms with Crippen LogP contribution in [0.4, 0.5) is 4.39 Å². The lowest BCUT2D eigenvalue weighted by atomic mass is 9.83. The molecule has 0 radical (unpaired) electrons. The van der Waals surface area contributed by atoms with Gasteiger partial charge in [0.15, 0.2) is 0 Å². The largest absolute Gasteiger partial charge is 0.375 e. The van der Waals surface area contributed by atoms with Crippen LogP contribution in [0, 0.1) is 5.82 Å². The van der Waals surface area contributed by atoms with Crippen molar-refractivity contribution in [3.8, 4) is 0 Å². The van der Waals surface area contributed by atoms with Gasteiger partial charge in [-0.2, -0.15) is 0 Å². The Morgan fingerprint density at radius 2 is 1.50 bits per heavy atom. The van der Waals surface area contributed by atoms with Gasteiger partial charge in [-0.1, -0.05) is 72.8 Å². The van der Waals surface area contributed by atoms with Crippen LogP contribution in [-0.2, 0) is 16.0 Å². The number of nitrogens with one attached hydrogen (secondary N) is 1. The van der Waals surface area contributed by atoms with Crippen molar-refractivity contribution in [1.82, 2.24) is 5.32 Å². The van der Waals surface area contributed by atoms with Gasteiger partial charge in [0.2, 0.25) is 5.91 Å². The molecule has 3 aromatic rings. The first-order chi connectivity index (χ1) is 14.7. The zero-order valence-electron chi connectivity index (χ0n) is 16.8. The monoisotopic (exact) mass is 403 g/mol. The Morgan fingerprint density at radius 3 is 2.03 bits per heavy atom. The minimum atomic E-state index is -0.294. The number of halogens is 1. The van der Waals surface area contributed by atoms with E-state index in [4.69, 9.17) is 4.74 Å². The molecule has 0 spiro atoms. The average Bonchev–Trinajstić information content (AvgIpc) is 2.78. The lowest BCUT2D eigenvalue weighted by Crippen LogP contribution is -2.44. The Morgan fingerprint density at radius 1 is 0.900 bits per heavy atom. The van der Waals surface area contributed by atoms with Crippen LogP contribution >= 0.6 is 0 Å². The molecular weight excluding hydrogens is 377 g/mol. The van der Waals surface area contributed by atoms with Gasteiger partial charge in [0.25, 0.3) is 0 Å². The molecule has 4 heteroatoms. The fraction of sp³-hybridized carbons (Fsp3) is 0.269. The molecule has 1 amide bonds. The van der Waals surface area contributed by atoms with Crippen LogP contribution in [0.25, 0.3) is 0 Å². The number of benzene rings is 3. The number of carbonyl (C=O) groups is 1. The first-order valence-corrected chi connectivity index (χ1v) is 10.4. The molecule has 2 atom stereocenters. The Labute approximate surface area is 176 Å². The van der Waals surface area contributed by atoms with Crippen LogP contribution in [0.2, 0.25) is 0 Å². The maximum absolute atomic E-state index is 13.0. The van der Waals surface area contributed by atoms with Crippen LogP contribution in [-0.4, -0.2) is 24.7 Å². The van der Waals surface area contributed by atoms with Gasteiger partial charge in [-0.25, -0.2) is 4.39 Å². The first kappa shape index (κ1) is 20.3. The van der Waals surface area contributed by atoms with E-state index in [1.54, 1.807) is 12.1 Å². The van der Waals surface area contributed by atoms with Gasteiger partial charge in [0.05, 0.1) is 25.2 Å². The number of rotatable bonds is 6. The number of hydrogen-bond acceptors (Lipinski definition) is 2. The van der Waals surface area contributed by atoms with E-state index in [9.17, 15) is 9.18 Å². The van der Waals surface area contributed by atoms with E-state index >= 15 is 0 Å². The molecule has 1 aliphatic heterocycles. The fourth-order valence-corrected chi connectivity index (χ4v) is 4.16. The van der Waals surface area contributed by atoms with E-state index in [0.29, 0.717) is 6.61 Å². The van der Waals surface area contributed by atoms with Gasteiger partial charge >= 0.3 is 0 Å². The van der Waals surface area contributed by atoms with Crippen LogP contribution in [0.5, 0.6) is 0 Å². The molecule has 4 rings (SSSR count). The molecule has 1 saturated heterocycles. The zero-order valence-corrected chi connectivity index (χ0v) is 16.8. The van der Waals surface area contributed by atoms with E-state index in [0.717, 1.165) is 18.4 Å². The maximum Gasteiger partial charge on any atom is 0.224 e. The maximum atomic E-state index is 13.0. The average molecular weight is 403 g/mol. The van der Waals surface area contributed by atoms with Crippen LogP contribution < -0.4 is 5.32 Å². The second kappa shape index (κ2) is 9.68. The SMILES string of the molecule is O=C(Cc1ccc(F)cc1)N[C@H]1CC[C@@H](C(c2ccccc2)c2ccccc2)OC1. The summed E-state index contributed by atoms with van der Waals surface area (Å²) in [5.41, 5.74) is 3.29. The highest BCUT2D eigenvalue weighted by molar-refractivity contribution is 5.78. The van der Waals surface area contributed by atoms with Gasteiger partial charge in [-0.3, -0.25) is 4.79 Å². The van der Waals surface area contributed by atoms with Gasteiger partial charge in [0, 0.05) is 5.92 Å². The minimum absolute atomic E-state index is 0.00129. The first-order valence-electron chi connectivity index (χ1n) is 10.4. The second-order valence-corrected chi connectivity index (χ2v) is 7.82. The number of amides is 1. The molecule has 30 heavy (non-hydrogen) atoms. The highest BCUT2D eigenvalue weighted by atomic mass is 19.1. The van der Waals surface area contributed by atoms with Gasteiger partial charge in [-0.15, -0.1) is 0 Å². The lowest BCUT2D eigenvalue weighted by Gasteiger charge is -2.35. The van der Waals surface area contributed by atoms with Gasteiger partial charge < -0.3 is 10.1 Å². The third-order valence-corrected chi connectivity index (χ3v) is 5.64. The van der Waals surface area contributed by atoms with E-state index in [-0.39, 0.29) is 36.2 Å². The predicted molar refractivity (Wildman–Crippen MR) is 116 cm³/mol. The minimum Gasteiger partial charge on any atom is -0.375 e. The Kier molecular flexibility index (Phi) is 6.55. The summed E-state index contributed by atoms with van der Waals surface area (Å²) in [5.74, 6) is -0.183. The highest BCUT2D eigenvalue weighted by Crippen LogP contribution is 2.34. The number of ether oxygens (including phenoxy) is 1. The summed E-state index contributed by atoms with van der Waals surface area (Å²) in [6.07, 6.45) is 2.06. The summed E-state index contributed by atoms with van der Waals surface area (Å²) in [7, 11) is 0. The lowest BCUT2D eigenvalue weighted by molar-refractivity contribution is -0.122. The number of carbonyl (C=O) groups excluding carboxylic acids is 1. The van der Waals surface area contributed by atoms with Crippen molar-refractivity contribution in [2.45, 2.75) is 37.3 Å². The standard InChI is InChI=1S/C26H26FNO2/c27-22-13-11-19(12-14-22)17-25(29)28-23-15-16-24(30-18-23)26(20-7-3-1-4-8-20)21-9-5-2-6-10-21/h1-14,23-24,26H,15-18H2,(H,28,29)/t23-,24-/m0/s1. The molecule has 3 aromatic carbocycles. The third-order valence-electron chi connectivity index (χ3n) is 5.64. The Balaban J connectivity index is 1.37. The molecule has 0 aromatic heterocycles. The summed E-state index contributed by atoms with van der Waals surface area (Å²) in [5, 5.41) is 3.06. The summed E-state index contributed by atoms with van der Waals surface area (Å²) < 4.78 is 19.3. The Hall–Kier alpha value is -2.98. The predicted octanol–water partition coefficient (Wildman–Crippen LogP) is 4.86. The molecule has 1 N–H and O–H groups in total.